The summed E-state index contributed by atoms with van der Waals surface area (Å²) in [7, 11) is 0. The van der Waals surface area contributed by atoms with Gasteiger partial charge >= 0.3 is 6.18 Å². The van der Waals surface area contributed by atoms with Crippen molar-refractivity contribution in [3.05, 3.63) is 107 Å². The summed E-state index contributed by atoms with van der Waals surface area (Å²) in [5.41, 5.74) is 7.38. The fourth-order valence-electron chi connectivity index (χ4n) is 4.22. The molecule has 0 saturated heterocycles. The average Bonchev–Trinajstić information content (AvgIpc) is 3.26. The number of hydrogen-bond acceptors (Lipinski definition) is 3. The highest BCUT2D eigenvalue weighted by molar-refractivity contribution is 5.97. The van der Waals surface area contributed by atoms with E-state index in [1.54, 1.807) is 18.2 Å². The van der Waals surface area contributed by atoms with Crippen LogP contribution in [0.4, 0.5) is 13.2 Å². The Morgan fingerprint density at radius 3 is 2.43 bits per heavy atom. The maximum Gasteiger partial charge on any atom is 0.416 e. The molecule has 1 amide bonds. The van der Waals surface area contributed by atoms with Crippen LogP contribution in [-0.4, -0.2) is 28.2 Å². The number of aliphatic hydroxyl groups is 1. The van der Waals surface area contributed by atoms with Crippen LogP contribution in [-0.2, 0) is 19.1 Å². The topological polar surface area (TPSA) is 80.3 Å². The van der Waals surface area contributed by atoms with Crippen LogP contribution >= 0.6 is 0 Å². The van der Waals surface area contributed by atoms with Gasteiger partial charge in [0.15, 0.2) is 0 Å². The molecule has 0 fully saturated rings. The number of nitrogens with one attached hydrogen (secondary N) is 1. The maximum atomic E-state index is 13.0. The third kappa shape index (κ3) is 5.90. The molecule has 0 radical (unpaired) electrons. The van der Waals surface area contributed by atoms with Crippen molar-refractivity contribution < 1.29 is 23.1 Å². The minimum Gasteiger partial charge on any atom is -0.390 e. The Bertz CT molecular complexity index is 1300. The molecule has 0 aliphatic heterocycles. The SMILES string of the molecule is NC(=O)c1ccc2ccn([C@@H](Cc3ccccc3)[C@H](O)CNCc3cccc(C(F)(F)F)c3)c2c1. The van der Waals surface area contributed by atoms with Crippen LogP contribution in [0.1, 0.15) is 33.1 Å². The van der Waals surface area contributed by atoms with Crippen LogP contribution in [0.3, 0.4) is 0 Å². The molecule has 8 heteroatoms. The highest BCUT2D eigenvalue weighted by Crippen LogP contribution is 2.30. The van der Waals surface area contributed by atoms with E-state index >= 15 is 0 Å². The molecule has 35 heavy (non-hydrogen) atoms. The van der Waals surface area contributed by atoms with E-state index in [2.05, 4.69) is 5.32 Å². The van der Waals surface area contributed by atoms with E-state index in [9.17, 15) is 23.1 Å². The Balaban J connectivity index is 1.56. The molecule has 4 rings (SSSR count). The van der Waals surface area contributed by atoms with Crippen molar-refractivity contribution in [2.45, 2.75) is 31.3 Å². The fraction of sp³-hybridized carbons (Fsp3) is 0.222. The molecule has 5 nitrogen and oxygen atoms in total. The standard InChI is InChI=1S/C27H26F3N3O2/c28-27(29,30)22-8-4-7-19(13-22)16-32-17-25(34)24(14-18-5-2-1-3-6-18)33-12-11-20-9-10-21(26(31)35)15-23(20)33/h1-13,15,24-25,32,34H,14,16-17H2,(H2,31,35)/t24-,25+/m0/s1. The van der Waals surface area contributed by atoms with Crippen LogP contribution in [0, 0.1) is 0 Å². The van der Waals surface area contributed by atoms with E-state index in [1.165, 1.54) is 6.07 Å². The number of alkyl halides is 3. The van der Waals surface area contributed by atoms with Gasteiger partial charge in [-0.3, -0.25) is 4.79 Å². The van der Waals surface area contributed by atoms with Crippen molar-refractivity contribution in [1.82, 2.24) is 9.88 Å². The number of fused-ring (bicyclic) bond motifs is 1. The largest absolute Gasteiger partial charge is 0.416 e. The molecule has 0 aliphatic carbocycles. The van der Waals surface area contributed by atoms with Gasteiger partial charge in [-0.2, -0.15) is 13.2 Å². The van der Waals surface area contributed by atoms with Gasteiger partial charge in [0.25, 0.3) is 0 Å². The maximum absolute atomic E-state index is 13.0. The zero-order valence-electron chi connectivity index (χ0n) is 18.9. The zero-order chi connectivity index (χ0) is 25.0. The lowest BCUT2D eigenvalue weighted by atomic mass is 10.00. The molecule has 0 aliphatic rings. The van der Waals surface area contributed by atoms with Gasteiger partial charge in [0.2, 0.25) is 5.91 Å². The van der Waals surface area contributed by atoms with E-state index in [0.717, 1.165) is 28.6 Å². The van der Waals surface area contributed by atoms with E-state index < -0.39 is 29.8 Å². The van der Waals surface area contributed by atoms with Crippen molar-refractivity contribution in [1.29, 1.82) is 0 Å². The molecular formula is C27H26F3N3O2. The van der Waals surface area contributed by atoms with E-state index in [0.29, 0.717) is 17.5 Å². The summed E-state index contributed by atoms with van der Waals surface area (Å²) in [5, 5.41) is 15.2. The molecule has 2 atom stereocenters. The van der Waals surface area contributed by atoms with Crippen LogP contribution in [0.2, 0.25) is 0 Å². The number of nitrogens with zero attached hydrogens (tertiary/aromatic N) is 1. The molecule has 3 aromatic carbocycles. The monoisotopic (exact) mass is 481 g/mol. The smallest absolute Gasteiger partial charge is 0.390 e. The molecular weight excluding hydrogens is 455 g/mol. The van der Waals surface area contributed by atoms with Crippen LogP contribution in [0.15, 0.2) is 85.1 Å². The van der Waals surface area contributed by atoms with Gasteiger partial charge in [-0.05, 0) is 47.2 Å². The van der Waals surface area contributed by atoms with Gasteiger partial charge in [-0.15, -0.1) is 0 Å². The minimum atomic E-state index is -4.41. The quantitative estimate of drug-likeness (QED) is 0.324. The predicted octanol–water partition coefficient (Wildman–Crippen LogP) is 4.69. The first kappa shape index (κ1) is 24.5. The first-order valence-electron chi connectivity index (χ1n) is 11.2. The number of benzene rings is 3. The van der Waals surface area contributed by atoms with Gasteiger partial charge in [-0.1, -0.05) is 54.6 Å². The van der Waals surface area contributed by atoms with E-state index in [4.69, 9.17) is 5.73 Å². The number of carbonyl (C=O) groups is 1. The van der Waals surface area contributed by atoms with Crippen LogP contribution in [0.5, 0.6) is 0 Å². The van der Waals surface area contributed by atoms with Crippen molar-refractivity contribution in [2.24, 2.45) is 5.73 Å². The van der Waals surface area contributed by atoms with Gasteiger partial charge in [-0.25, -0.2) is 0 Å². The average molecular weight is 482 g/mol. The summed E-state index contributed by atoms with van der Waals surface area (Å²) in [4.78, 5) is 11.7. The predicted molar refractivity (Wildman–Crippen MR) is 129 cm³/mol. The second-order valence-corrected chi connectivity index (χ2v) is 8.51. The zero-order valence-corrected chi connectivity index (χ0v) is 18.9. The number of hydrogen-bond donors (Lipinski definition) is 3. The molecule has 0 unspecified atom stereocenters. The van der Waals surface area contributed by atoms with Crippen molar-refractivity contribution in [2.75, 3.05) is 6.54 Å². The Morgan fingerprint density at radius 1 is 0.971 bits per heavy atom. The first-order chi connectivity index (χ1) is 16.7. The summed E-state index contributed by atoms with van der Waals surface area (Å²) in [6.07, 6.45) is -2.90. The lowest BCUT2D eigenvalue weighted by molar-refractivity contribution is -0.137. The lowest BCUT2D eigenvalue weighted by Crippen LogP contribution is -2.35. The van der Waals surface area contributed by atoms with Gasteiger partial charge in [0.1, 0.15) is 0 Å². The van der Waals surface area contributed by atoms with Gasteiger partial charge in [0.05, 0.1) is 17.7 Å². The number of rotatable bonds is 9. The fourth-order valence-corrected chi connectivity index (χ4v) is 4.22. The van der Waals surface area contributed by atoms with Gasteiger partial charge < -0.3 is 20.7 Å². The second-order valence-electron chi connectivity index (χ2n) is 8.51. The summed E-state index contributed by atoms with van der Waals surface area (Å²) < 4.78 is 40.9. The number of aliphatic hydroxyl groups excluding tert-OH is 1. The molecule has 4 N–H and O–H groups in total. The third-order valence-corrected chi connectivity index (χ3v) is 6.03. The minimum absolute atomic E-state index is 0.156. The second kappa shape index (κ2) is 10.3. The van der Waals surface area contributed by atoms with Crippen molar-refractivity contribution >= 4 is 16.8 Å². The Morgan fingerprint density at radius 2 is 1.71 bits per heavy atom. The highest BCUT2D eigenvalue weighted by atomic mass is 19.4. The number of halogens is 3. The Labute approximate surface area is 201 Å². The number of aromatic nitrogens is 1. The highest BCUT2D eigenvalue weighted by Gasteiger charge is 2.30. The molecule has 1 heterocycles. The Hall–Kier alpha value is -3.62. The third-order valence-electron chi connectivity index (χ3n) is 6.03. The molecule has 0 bridgehead atoms. The Kier molecular flexibility index (Phi) is 7.23. The van der Waals surface area contributed by atoms with Crippen molar-refractivity contribution in [3.8, 4) is 0 Å². The van der Waals surface area contributed by atoms with Crippen LogP contribution < -0.4 is 11.1 Å². The number of carbonyl (C=O) groups excluding carboxylic acids is 1. The summed E-state index contributed by atoms with van der Waals surface area (Å²) in [6.45, 7) is 0.334. The van der Waals surface area contributed by atoms with E-state index in [-0.39, 0.29) is 13.1 Å². The van der Waals surface area contributed by atoms with E-state index in [1.807, 2.05) is 53.2 Å². The van der Waals surface area contributed by atoms with Crippen LogP contribution in [0.25, 0.3) is 10.9 Å². The lowest BCUT2D eigenvalue weighted by Gasteiger charge is -2.26. The number of amides is 1. The molecule has 1 aromatic heterocycles. The first-order valence-corrected chi connectivity index (χ1v) is 11.2. The summed E-state index contributed by atoms with van der Waals surface area (Å²) in [6, 6.07) is 21.5. The molecule has 182 valence electrons. The summed E-state index contributed by atoms with van der Waals surface area (Å²) in [5.74, 6) is -0.539. The van der Waals surface area contributed by atoms with Gasteiger partial charge in [0, 0.05) is 30.4 Å². The normalized spacial score (nSPS) is 13.6. The molecule has 4 aromatic rings. The molecule has 0 spiro atoms. The van der Waals surface area contributed by atoms with Crippen molar-refractivity contribution in [3.63, 3.8) is 0 Å². The number of nitrogens with two attached hydrogens (primary N) is 1. The number of primary amides is 1. The molecule has 0 saturated carbocycles. The summed E-state index contributed by atoms with van der Waals surface area (Å²) >= 11 is 0.